The quantitative estimate of drug-likeness (QED) is 0.829. The molecule has 1 radical (unpaired) electrons. The molecule has 2 aromatic rings. The molecule has 2 aromatic heterocycles. The zero-order valence-corrected chi connectivity index (χ0v) is 10.6. The minimum atomic E-state index is -4.33. The van der Waals surface area contributed by atoms with Gasteiger partial charge in [-0.3, -0.25) is 9.97 Å². The average molecular weight is 277 g/mol. The molecule has 0 spiro atoms. The maximum atomic E-state index is 12.7. The molecule has 2 heterocycles. The number of pyridine rings is 2. The van der Waals surface area contributed by atoms with E-state index in [0.717, 1.165) is 36.6 Å². The van der Waals surface area contributed by atoms with Gasteiger partial charge in [-0.15, -0.1) is 0 Å². The van der Waals surface area contributed by atoms with Crippen molar-refractivity contribution in [2.45, 2.75) is 24.9 Å². The Kier molecular flexibility index (Phi) is 3.20. The third-order valence-corrected chi connectivity index (χ3v) is 3.58. The summed E-state index contributed by atoms with van der Waals surface area (Å²) in [6.07, 6.45) is 0.270. The summed E-state index contributed by atoms with van der Waals surface area (Å²) in [5.74, 6) is 1.03. The lowest BCUT2D eigenvalue weighted by Gasteiger charge is -2.35. The summed E-state index contributed by atoms with van der Waals surface area (Å²) in [6, 6.07) is 7.74. The summed E-state index contributed by atoms with van der Waals surface area (Å²) in [5.41, 5.74) is 0.677. The molecule has 0 aromatic carbocycles. The maximum absolute atomic E-state index is 12.7. The van der Waals surface area contributed by atoms with Crippen LogP contribution in [0.15, 0.2) is 42.7 Å². The molecule has 1 aliphatic carbocycles. The Morgan fingerprint density at radius 3 is 2.50 bits per heavy atom. The SMILES string of the molecule is FC(F)(F)c1ccnc([C]2CC[C@@H]2c2ccccn2)c1. The summed E-state index contributed by atoms with van der Waals surface area (Å²) >= 11 is 0. The summed E-state index contributed by atoms with van der Waals surface area (Å²) in [4.78, 5) is 8.36. The van der Waals surface area contributed by atoms with Crippen LogP contribution in [0.1, 0.15) is 35.7 Å². The molecular formula is C15H12F3N2. The topological polar surface area (TPSA) is 25.8 Å². The summed E-state index contributed by atoms with van der Waals surface area (Å²) in [6.45, 7) is 0. The van der Waals surface area contributed by atoms with Crippen LogP contribution in [0.2, 0.25) is 0 Å². The average Bonchev–Trinajstić information content (AvgIpc) is 2.38. The molecule has 3 rings (SSSR count). The lowest BCUT2D eigenvalue weighted by molar-refractivity contribution is -0.137. The van der Waals surface area contributed by atoms with E-state index < -0.39 is 11.7 Å². The predicted octanol–water partition coefficient (Wildman–Crippen LogP) is 4.00. The molecule has 0 aliphatic heterocycles. The fraction of sp³-hybridized carbons (Fsp3) is 0.267. The van der Waals surface area contributed by atoms with Crippen LogP contribution in [-0.2, 0) is 6.18 Å². The number of hydrogen-bond acceptors (Lipinski definition) is 2. The smallest absolute Gasteiger partial charge is 0.261 e. The van der Waals surface area contributed by atoms with Crippen molar-refractivity contribution >= 4 is 0 Å². The first-order valence-corrected chi connectivity index (χ1v) is 6.36. The number of rotatable bonds is 2. The third-order valence-electron chi connectivity index (χ3n) is 3.58. The second-order valence-corrected chi connectivity index (χ2v) is 4.80. The van der Waals surface area contributed by atoms with Gasteiger partial charge >= 0.3 is 6.18 Å². The van der Waals surface area contributed by atoms with Crippen LogP contribution in [0, 0.1) is 5.92 Å². The van der Waals surface area contributed by atoms with Gasteiger partial charge in [0.15, 0.2) is 0 Å². The van der Waals surface area contributed by atoms with Gasteiger partial charge in [-0.05, 0) is 37.1 Å². The van der Waals surface area contributed by atoms with E-state index in [9.17, 15) is 13.2 Å². The zero-order valence-electron chi connectivity index (χ0n) is 10.6. The van der Waals surface area contributed by atoms with Gasteiger partial charge in [-0.2, -0.15) is 13.2 Å². The minimum Gasteiger partial charge on any atom is -0.261 e. The molecule has 0 saturated heterocycles. The van der Waals surface area contributed by atoms with Crippen molar-refractivity contribution in [3.8, 4) is 0 Å². The molecule has 5 heteroatoms. The van der Waals surface area contributed by atoms with Crippen LogP contribution in [-0.4, -0.2) is 9.97 Å². The fourth-order valence-corrected chi connectivity index (χ4v) is 2.43. The van der Waals surface area contributed by atoms with Gasteiger partial charge in [0.05, 0.1) is 5.56 Å². The second-order valence-electron chi connectivity index (χ2n) is 4.80. The number of alkyl halides is 3. The van der Waals surface area contributed by atoms with Gasteiger partial charge in [0, 0.05) is 35.6 Å². The lowest BCUT2D eigenvalue weighted by Crippen LogP contribution is -2.25. The first-order chi connectivity index (χ1) is 9.55. The largest absolute Gasteiger partial charge is 0.416 e. The Hall–Kier alpha value is -1.91. The van der Waals surface area contributed by atoms with E-state index in [4.69, 9.17) is 0 Å². The Morgan fingerprint density at radius 1 is 1.05 bits per heavy atom. The van der Waals surface area contributed by atoms with Crippen LogP contribution in [0.4, 0.5) is 13.2 Å². The first kappa shape index (κ1) is 13.1. The standard InChI is InChI=1S/C15H12F3N2/c16-15(17,18)10-6-8-20-14(9-10)12-5-4-11(12)13-3-1-2-7-19-13/h1-3,6-9,11H,4-5H2/t11-/m0/s1. The van der Waals surface area contributed by atoms with E-state index in [-0.39, 0.29) is 5.92 Å². The van der Waals surface area contributed by atoms with E-state index >= 15 is 0 Å². The molecule has 1 saturated carbocycles. The van der Waals surface area contributed by atoms with Crippen molar-refractivity contribution in [2.75, 3.05) is 0 Å². The molecule has 0 amide bonds. The number of halogens is 3. The second kappa shape index (κ2) is 4.89. The van der Waals surface area contributed by atoms with Crippen molar-refractivity contribution in [1.82, 2.24) is 9.97 Å². The van der Waals surface area contributed by atoms with Crippen LogP contribution in [0.3, 0.4) is 0 Å². The molecule has 1 fully saturated rings. The zero-order chi connectivity index (χ0) is 14.2. The molecular weight excluding hydrogens is 265 g/mol. The number of aromatic nitrogens is 2. The lowest BCUT2D eigenvalue weighted by atomic mass is 9.70. The van der Waals surface area contributed by atoms with E-state index in [1.807, 2.05) is 18.2 Å². The molecule has 20 heavy (non-hydrogen) atoms. The van der Waals surface area contributed by atoms with Crippen molar-refractivity contribution < 1.29 is 13.2 Å². The van der Waals surface area contributed by atoms with Crippen molar-refractivity contribution in [2.24, 2.45) is 0 Å². The number of nitrogens with zero attached hydrogens (tertiary/aromatic N) is 2. The third kappa shape index (κ3) is 2.40. The van der Waals surface area contributed by atoms with Crippen molar-refractivity contribution in [3.63, 3.8) is 0 Å². The first-order valence-electron chi connectivity index (χ1n) is 6.36. The Balaban J connectivity index is 1.87. The Morgan fingerprint density at radius 2 is 1.90 bits per heavy atom. The molecule has 2 nitrogen and oxygen atoms in total. The summed E-state index contributed by atoms with van der Waals surface area (Å²) in [7, 11) is 0. The van der Waals surface area contributed by atoms with Gasteiger partial charge in [0.2, 0.25) is 0 Å². The van der Waals surface area contributed by atoms with E-state index in [1.54, 1.807) is 6.20 Å². The normalized spacial score (nSPS) is 19.6. The van der Waals surface area contributed by atoms with Gasteiger partial charge in [0.25, 0.3) is 0 Å². The molecule has 1 atom stereocenters. The highest BCUT2D eigenvalue weighted by molar-refractivity contribution is 5.39. The van der Waals surface area contributed by atoms with E-state index in [1.165, 1.54) is 6.20 Å². The van der Waals surface area contributed by atoms with E-state index in [2.05, 4.69) is 9.97 Å². The fourth-order valence-electron chi connectivity index (χ4n) is 2.43. The molecule has 0 unspecified atom stereocenters. The van der Waals surface area contributed by atoms with E-state index in [0.29, 0.717) is 5.69 Å². The van der Waals surface area contributed by atoms with Crippen LogP contribution in [0.25, 0.3) is 0 Å². The van der Waals surface area contributed by atoms with Crippen LogP contribution < -0.4 is 0 Å². The van der Waals surface area contributed by atoms with Crippen LogP contribution >= 0.6 is 0 Å². The maximum Gasteiger partial charge on any atom is 0.416 e. The minimum absolute atomic E-state index is 0.0900. The molecule has 1 aliphatic rings. The monoisotopic (exact) mass is 277 g/mol. The summed E-state index contributed by atoms with van der Waals surface area (Å²) in [5, 5.41) is 0. The molecule has 0 bridgehead atoms. The molecule has 103 valence electrons. The van der Waals surface area contributed by atoms with Gasteiger partial charge in [-0.1, -0.05) is 6.07 Å². The van der Waals surface area contributed by atoms with Gasteiger partial charge in [0.1, 0.15) is 0 Å². The van der Waals surface area contributed by atoms with Crippen molar-refractivity contribution in [1.29, 1.82) is 0 Å². The number of hydrogen-bond donors (Lipinski definition) is 0. The highest BCUT2D eigenvalue weighted by atomic mass is 19.4. The van der Waals surface area contributed by atoms with Gasteiger partial charge < -0.3 is 0 Å². The van der Waals surface area contributed by atoms with Gasteiger partial charge in [-0.25, -0.2) is 0 Å². The highest BCUT2D eigenvalue weighted by Crippen LogP contribution is 2.47. The predicted molar refractivity (Wildman–Crippen MR) is 67.8 cm³/mol. The Labute approximate surface area is 114 Å². The molecule has 0 N–H and O–H groups in total. The Bertz CT molecular complexity index is 596. The van der Waals surface area contributed by atoms with Crippen molar-refractivity contribution in [3.05, 3.63) is 65.6 Å². The van der Waals surface area contributed by atoms with Crippen LogP contribution in [0.5, 0.6) is 0 Å². The summed E-state index contributed by atoms with van der Waals surface area (Å²) < 4.78 is 38.2. The highest BCUT2D eigenvalue weighted by Gasteiger charge is 2.38.